The number of likely N-dealkylation sites (N-methyl/N-ethyl adjacent to an activating group) is 1. The largest absolute Gasteiger partial charge is 0.336 e. The van der Waals surface area contributed by atoms with E-state index >= 15 is 0 Å². The first-order valence-corrected chi connectivity index (χ1v) is 6.72. The third-order valence-electron chi connectivity index (χ3n) is 3.79. The first-order valence-electron chi connectivity index (χ1n) is 6.72. The molecule has 0 radical (unpaired) electrons. The smallest absolute Gasteiger partial charge is 0.279 e. The molecule has 1 aromatic carbocycles. The van der Waals surface area contributed by atoms with Gasteiger partial charge in [-0.25, -0.2) is 0 Å². The van der Waals surface area contributed by atoms with Crippen molar-refractivity contribution in [1.29, 1.82) is 0 Å². The molecule has 2 rings (SSSR count). The maximum absolute atomic E-state index is 12.5. The Kier molecular flexibility index (Phi) is 5.99. The molecule has 1 fully saturated rings. The summed E-state index contributed by atoms with van der Waals surface area (Å²) in [6.45, 7) is 3.81. The van der Waals surface area contributed by atoms with Crippen molar-refractivity contribution in [1.82, 2.24) is 9.80 Å². The van der Waals surface area contributed by atoms with Gasteiger partial charge in [0.25, 0.3) is 17.3 Å². The van der Waals surface area contributed by atoms with E-state index in [-0.39, 0.29) is 23.5 Å². The van der Waals surface area contributed by atoms with Crippen LogP contribution in [-0.4, -0.2) is 58.8 Å². The molecule has 0 unspecified atom stereocenters. The quantitative estimate of drug-likeness (QED) is 0.608. The van der Waals surface area contributed by atoms with Gasteiger partial charge in [-0.3, -0.25) is 25.0 Å². The number of rotatable bonds is 3. The number of hydrogen-bond acceptors (Lipinski definition) is 6. The molecule has 0 atom stereocenters. The molecule has 1 heterocycles. The van der Waals surface area contributed by atoms with Gasteiger partial charge in [0.2, 0.25) is 0 Å². The lowest BCUT2D eigenvalue weighted by atomic mass is 10.0. The third kappa shape index (κ3) is 3.93. The van der Waals surface area contributed by atoms with Crippen LogP contribution in [0.15, 0.2) is 12.1 Å². The predicted octanol–water partition coefficient (Wildman–Crippen LogP) is 1.62. The van der Waals surface area contributed by atoms with Gasteiger partial charge in [-0.15, -0.1) is 12.4 Å². The first-order chi connectivity index (χ1) is 10.3. The molecule has 0 aliphatic carbocycles. The Morgan fingerprint density at radius 2 is 1.65 bits per heavy atom. The summed E-state index contributed by atoms with van der Waals surface area (Å²) in [6.07, 6.45) is 0. The summed E-state index contributed by atoms with van der Waals surface area (Å²) in [5.41, 5.74) is -0.688. The number of non-ortho nitro benzene ring substituents is 1. The molecule has 10 heteroatoms. The monoisotopic (exact) mass is 344 g/mol. The second-order valence-corrected chi connectivity index (χ2v) is 5.25. The van der Waals surface area contributed by atoms with Gasteiger partial charge >= 0.3 is 0 Å². The van der Waals surface area contributed by atoms with E-state index in [2.05, 4.69) is 4.90 Å². The second kappa shape index (κ2) is 7.34. The van der Waals surface area contributed by atoms with E-state index in [4.69, 9.17) is 0 Å². The normalized spacial score (nSPS) is 15.0. The molecular formula is C13H17ClN4O5. The number of piperazine rings is 1. The Labute approximate surface area is 138 Å². The van der Waals surface area contributed by atoms with E-state index in [1.165, 1.54) is 6.92 Å². The fourth-order valence-corrected chi connectivity index (χ4v) is 2.38. The topological polar surface area (TPSA) is 110 Å². The fraction of sp³-hybridized carbons (Fsp3) is 0.462. The van der Waals surface area contributed by atoms with Gasteiger partial charge in [0.05, 0.1) is 21.5 Å². The van der Waals surface area contributed by atoms with E-state index in [9.17, 15) is 25.0 Å². The summed E-state index contributed by atoms with van der Waals surface area (Å²) >= 11 is 0. The number of halogens is 1. The Morgan fingerprint density at radius 3 is 2.13 bits per heavy atom. The van der Waals surface area contributed by atoms with E-state index in [1.807, 2.05) is 7.05 Å². The maximum Gasteiger partial charge on any atom is 0.279 e. The molecule has 1 saturated heterocycles. The van der Waals surface area contributed by atoms with Gasteiger partial charge in [0.1, 0.15) is 0 Å². The number of carbonyl (C=O) groups excluding carboxylic acids is 1. The van der Waals surface area contributed by atoms with E-state index in [1.54, 1.807) is 4.90 Å². The molecule has 1 amide bonds. The predicted molar refractivity (Wildman–Crippen MR) is 85.1 cm³/mol. The lowest BCUT2D eigenvalue weighted by molar-refractivity contribution is -0.394. The van der Waals surface area contributed by atoms with Crippen molar-refractivity contribution in [2.75, 3.05) is 33.2 Å². The Bertz CT molecular complexity index is 643. The zero-order valence-electron chi connectivity index (χ0n) is 12.7. The summed E-state index contributed by atoms with van der Waals surface area (Å²) < 4.78 is 0. The number of nitro benzene ring substituents is 2. The molecule has 0 N–H and O–H groups in total. The van der Waals surface area contributed by atoms with Crippen molar-refractivity contribution >= 4 is 29.7 Å². The van der Waals surface area contributed by atoms with Crippen LogP contribution in [0.3, 0.4) is 0 Å². The maximum atomic E-state index is 12.5. The van der Waals surface area contributed by atoms with Crippen LogP contribution in [0.4, 0.5) is 11.4 Å². The van der Waals surface area contributed by atoms with Crippen molar-refractivity contribution in [2.45, 2.75) is 6.92 Å². The third-order valence-corrected chi connectivity index (χ3v) is 3.79. The highest BCUT2D eigenvalue weighted by Gasteiger charge is 2.28. The highest BCUT2D eigenvalue weighted by atomic mass is 35.5. The SMILES string of the molecule is Cc1c(C(=O)N2CCN(C)CC2)cc([N+](=O)[O-])cc1[N+](=O)[O-].Cl. The van der Waals surface area contributed by atoms with Crippen molar-refractivity contribution in [3.05, 3.63) is 43.5 Å². The number of nitro groups is 2. The van der Waals surface area contributed by atoms with Crippen LogP contribution in [0.2, 0.25) is 0 Å². The van der Waals surface area contributed by atoms with Gasteiger partial charge in [0, 0.05) is 37.8 Å². The van der Waals surface area contributed by atoms with Crippen LogP contribution in [0.25, 0.3) is 0 Å². The highest BCUT2D eigenvalue weighted by molar-refractivity contribution is 5.97. The lowest BCUT2D eigenvalue weighted by Gasteiger charge is -2.32. The number of nitrogens with zero attached hydrogens (tertiary/aromatic N) is 4. The average molecular weight is 345 g/mol. The number of carbonyl (C=O) groups is 1. The molecule has 0 bridgehead atoms. The van der Waals surface area contributed by atoms with E-state index in [0.717, 1.165) is 12.1 Å². The number of hydrogen-bond donors (Lipinski definition) is 0. The molecule has 1 aromatic rings. The van der Waals surface area contributed by atoms with Crippen LogP contribution >= 0.6 is 12.4 Å². The van der Waals surface area contributed by atoms with Gasteiger partial charge in [0.15, 0.2) is 0 Å². The summed E-state index contributed by atoms with van der Waals surface area (Å²) in [5.74, 6) is -0.405. The Balaban J connectivity index is 0.00000264. The van der Waals surface area contributed by atoms with Crippen LogP contribution in [0.1, 0.15) is 15.9 Å². The molecular weight excluding hydrogens is 328 g/mol. The van der Waals surface area contributed by atoms with Crippen LogP contribution < -0.4 is 0 Å². The van der Waals surface area contributed by atoms with Crippen LogP contribution in [0, 0.1) is 27.2 Å². The number of amides is 1. The minimum atomic E-state index is -0.729. The summed E-state index contributed by atoms with van der Waals surface area (Å²) in [7, 11) is 1.94. The average Bonchev–Trinajstić information content (AvgIpc) is 2.47. The molecule has 1 aliphatic heterocycles. The molecule has 1 aliphatic rings. The first kappa shape index (κ1) is 18.8. The molecule has 126 valence electrons. The van der Waals surface area contributed by atoms with Gasteiger partial charge in [-0.05, 0) is 14.0 Å². The van der Waals surface area contributed by atoms with Crippen LogP contribution in [-0.2, 0) is 0 Å². The van der Waals surface area contributed by atoms with E-state index in [0.29, 0.717) is 26.2 Å². The standard InChI is InChI=1S/C13H16N4O5.ClH/c1-9-11(13(18)15-5-3-14(2)4-6-15)7-10(16(19)20)8-12(9)17(21)22;/h7-8H,3-6H2,1-2H3;1H. The van der Waals surface area contributed by atoms with Crippen molar-refractivity contribution < 1.29 is 14.6 Å². The van der Waals surface area contributed by atoms with Crippen molar-refractivity contribution in [2.24, 2.45) is 0 Å². The Morgan fingerprint density at radius 1 is 1.09 bits per heavy atom. The minimum Gasteiger partial charge on any atom is -0.336 e. The Hall–Kier alpha value is -2.26. The molecule has 0 spiro atoms. The minimum absolute atomic E-state index is 0. The van der Waals surface area contributed by atoms with Gasteiger partial charge in [-0.1, -0.05) is 0 Å². The zero-order valence-corrected chi connectivity index (χ0v) is 13.5. The van der Waals surface area contributed by atoms with Crippen LogP contribution in [0.5, 0.6) is 0 Å². The second-order valence-electron chi connectivity index (χ2n) is 5.25. The highest BCUT2D eigenvalue weighted by Crippen LogP contribution is 2.29. The molecule has 0 saturated carbocycles. The molecule has 9 nitrogen and oxygen atoms in total. The number of benzene rings is 1. The molecule has 23 heavy (non-hydrogen) atoms. The van der Waals surface area contributed by atoms with Gasteiger partial charge < -0.3 is 9.80 Å². The summed E-state index contributed by atoms with van der Waals surface area (Å²) in [6, 6.07) is 2.00. The van der Waals surface area contributed by atoms with Gasteiger partial charge in [-0.2, -0.15) is 0 Å². The molecule has 0 aromatic heterocycles. The van der Waals surface area contributed by atoms with Crippen molar-refractivity contribution in [3.8, 4) is 0 Å². The lowest BCUT2D eigenvalue weighted by Crippen LogP contribution is -2.47. The van der Waals surface area contributed by atoms with Crippen molar-refractivity contribution in [3.63, 3.8) is 0 Å². The van der Waals surface area contributed by atoms with E-state index < -0.39 is 27.1 Å². The zero-order chi connectivity index (χ0) is 16.4. The summed E-state index contributed by atoms with van der Waals surface area (Å²) in [5, 5.41) is 22.0. The fourth-order valence-electron chi connectivity index (χ4n) is 2.38. The summed E-state index contributed by atoms with van der Waals surface area (Å²) in [4.78, 5) is 36.7.